The third kappa shape index (κ3) is 1.85. The molecule has 1 saturated heterocycles. The van der Waals surface area contributed by atoms with Gasteiger partial charge >= 0.3 is 5.97 Å². The van der Waals surface area contributed by atoms with Gasteiger partial charge in [0.25, 0.3) is 0 Å². The van der Waals surface area contributed by atoms with Gasteiger partial charge in [0.15, 0.2) is 0 Å². The summed E-state index contributed by atoms with van der Waals surface area (Å²) in [4.78, 5) is 14.2. The number of piperidine rings is 1. The zero-order valence-corrected chi connectivity index (χ0v) is 12.4. The first kappa shape index (κ1) is 13.1. The van der Waals surface area contributed by atoms with E-state index in [1.807, 2.05) is 0 Å². The number of carbonyl (C=O) groups is 1. The topological polar surface area (TPSA) is 40.5 Å². The Kier molecular flexibility index (Phi) is 3.10. The summed E-state index contributed by atoms with van der Waals surface area (Å²) in [6, 6.07) is 0. The summed E-state index contributed by atoms with van der Waals surface area (Å²) in [7, 11) is 0. The number of hydrogen-bond acceptors (Lipinski definition) is 2. The highest BCUT2D eigenvalue weighted by atomic mass is 16.4. The maximum atomic E-state index is 11.6. The summed E-state index contributed by atoms with van der Waals surface area (Å²) in [6.45, 7) is 2.30. The van der Waals surface area contributed by atoms with Gasteiger partial charge in [-0.15, -0.1) is 0 Å². The highest BCUT2D eigenvalue weighted by Crippen LogP contribution is 2.61. The summed E-state index contributed by atoms with van der Waals surface area (Å²) in [6.07, 6.45) is 11.0. The molecule has 1 N–H and O–H groups in total. The predicted molar refractivity (Wildman–Crippen MR) is 77.5 cm³/mol. The van der Waals surface area contributed by atoms with Crippen molar-refractivity contribution in [1.82, 2.24) is 4.90 Å². The molecule has 0 amide bonds. The normalized spacial score (nSPS) is 47.6. The molecule has 5 aliphatic rings. The van der Waals surface area contributed by atoms with Crippen LogP contribution in [0, 0.1) is 23.7 Å². The molecule has 0 unspecified atom stereocenters. The molecule has 1 heterocycles. The van der Waals surface area contributed by atoms with Crippen LogP contribution in [0.1, 0.15) is 57.8 Å². The van der Waals surface area contributed by atoms with Crippen LogP contribution in [0.25, 0.3) is 0 Å². The second-order valence-corrected chi connectivity index (χ2v) is 7.91. The second kappa shape index (κ2) is 4.72. The first-order chi connectivity index (χ1) is 9.68. The average molecular weight is 277 g/mol. The van der Waals surface area contributed by atoms with Crippen molar-refractivity contribution >= 4 is 5.97 Å². The zero-order valence-electron chi connectivity index (χ0n) is 12.4. The van der Waals surface area contributed by atoms with Crippen molar-refractivity contribution in [3.63, 3.8) is 0 Å². The molecular weight excluding hydrogens is 250 g/mol. The van der Waals surface area contributed by atoms with E-state index >= 15 is 0 Å². The van der Waals surface area contributed by atoms with Gasteiger partial charge in [0.1, 0.15) is 0 Å². The summed E-state index contributed by atoms with van der Waals surface area (Å²) < 4.78 is 0. The molecule has 0 aromatic heterocycles. The quantitative estimate of drug-likeness (QED) is 0.861. The van der Waals surface area contributed by atoms with Gasteiger partial charge in [-0.3, -0.25) is 9.69 Å². The SMILES string of the molecule is O=C(O)CC1(N2CCCCC2)C2CC3CC(C2)CC1C3. The van der Waals surface area contributed by atoms with Crippen LogP contribution in [0.2, 0.25) is 0 Å². The van der Waals surface area contributed by atoms with Crippen LogP contribution in [0.5, 0.6) is 0 Å². The third-order valence-corrected chi connectivity index (χ3v) is 6.93. The van der Waals surface area contributed by atoms with Crippen LogP contribution < -0.4 is 0 Å². The van der Waals surface area contributed by atoms with E-state index in [-0.39, 0.29) is 5.54 Å². The Hall–Kier alpha value is -0.570. The fourth-order valence-corrected chi connectivity index (χ4v) is 6.47. The number of likely N-dealkylation sites (tertiary alicyclic amines) is 1. The molecule has 0 atom stereocenters. The Bertz CT molecular complexity index is 366. The minimum atomic E-state index is -0.567. The average Bonchev–Trinajstić information content (AvgIpc) is 2.43. The standard InChI is InChI=1S/C17H27NO2/c19-16(20)11-17(18-4-2-1-3-5-18)14-7-12-6-13(9-14)10-15(17)8-12/h12-15H,1-11H2,(H,19,20). The van der Waals surface area contributed by atoms with Crippen molar-refractivity contribution in [3.8, 4) is 0 Å². The Labute approximate surface area is 121 Å². The smallest absolute Gasteiger partial charge is 0.305 e. The fourth-order valence-electron chi connectivity index (χ4n) is 6.47. The van der Waals surface area contributed by atoms with Gasteiger partial charge in [-0.1, -0.05) is 6.42 Å². The van der Waals surface area contributed by atoms with Crippen LogP contribution >= 0.6 is 0 Å². The van der Waals surface area contributed by atoms with E-state index in [2.05, 4.69) is 4.90 Å². The van der Waals surface area contributed by atoms with Crippen molar-refractivity contribution in [2.45, 2.75) is 63.3 Å². The van der Waals surface area contributed by atoms with Gasteiger partial charge in [-0.05, 0) is 81.7 Å². The monoisotopic (exact) mass is 277 g/mol. The minimum absolute atomic E-state index is 0.0275. The Morgan fingerprint density at radius 2 is 1.50 bits per heavy atom. The maximum Gasteiger partial charge on any atom is 0.305 e. The van der Waals surface area contributed by atoms with Gasteiger partial charge in [0, 0.05) is 5.54 Å². The molecule has 0 aromatic rings. The molecule has 0 aromatic carbocycles. The molecule has 4 bridgehead atoms. The Balaban J connectivity index is 1.69. The first-order valence-electron chi connectivity index (χ1n) is 8.65. The molecule has 4 saturated carbocycles. The number of nitrogens with zero attached hydrogens (tertiary/aromatic N) is 1. The summed E-state index contributed by atoms with van der Waals surface area (Å²) in [5, 5.41) is 9.57. The van der Waals surface area contributed by atoms with Crippen molar-refractivity contribution in [1.29, 1.82) is 0 Å². The number of carboxylic acid groups (broad SMARTS) is 1. The molecule has 4 aliphatic carbocycles. The highest BCUT2D eigenvalue weighted by molar-refractivity contribution is 5.68. The van der Waals surface area contributed by atoms with Gasteiger partial charge in [-0.25, -0.2) is 0 Å². The van der Waals surface area contributed by atoms with E-state index in [0.29, 0.717) is 18.3 Å². The Morgan fingerprint density at radius 3 is 2.00 bits per heavy atom. The maximum absolute atomic E-state index is 11.6. The summed E-state index contributed by atoms with van der Waals surface area (Å²) in [5.41, 5.74) is 0.0275. The molecule has 0 spiro atoms. The molecule has 112 valence electrons. The highest BCUT2D eigenvalue weighted by Gasteiger charge is 2.60. The lowest BCUT2D eigenvalue weighted by atomic mass is 9.47. The molecule has 0 radical (unpaired) electrons. The van der Waals surface area contributed by atoms with Crippen molar-refractivity contribution < 1.29 is 9.90 Å². The van der Waals surface area contributed by atoms with E-state index in [1.165, 1.54) is 51.4 Å². The molecule has 5 rings (SSSR count). The van der Waals surface area contributed by atoms with Crippen molar-refractivity contribution in [2.75, 3.05) is 13.1 Å². The Morgan fingerprint density at radius 1 is 0.950 bits per heavy atom. The van der Waals surface area contributed by atoms with E-state index in [9.17, 15) is 9.90 Å². The molecular formula is C17H27NO2. The van der Waals surface area contributed by atoms with Crippen LogP contribution in [0.4, 0.5) is 0 Å². The molecule has 1 aliphatic heterocycles. The van der Waals surface area contributed by atoms with Gasteiger partial charge in [0.05, 0.1) is 6.42 Å². The van der Waals surface area contributed by atoms with E-state index in [4.69, 9.17) is 0 Å². The summed E-state index contributed by atoms with van der Waals surface area (Å²) >= 11 is 0. The van der Waals surface area contributed by atoms with Gasteiger partial charge in [-0.2, -0.15) is 0 Å². The number of hydrogen-bond donors (Lipinski definition) is 1. The van der Waals surface area contributed by atoms with E-state index in [0.717, 1.165) is 24.9 Å². The summed E-state index contributed by atoms with van der Waals surface area (Å²) in [5.74, 6) is 2.62. The van der Waals surface area contributed by atoms with Crippen LogP contribution in [-0.4, -0.2) is 34.6 Å². The largest absolute Gasteiger partial charge is 0.481 e. The van der Waals surface area contributed by atoms with Crippen LogP contribution in [0.3, 0.4) is 0 Å². The lowest BCUT2D eigenvalue weighted by Gasteiger charge is -2.65. The van der Waals surface area contributed by atoms with Crippen LogP contribution in [0.15, 0.2) is 0 Å². The minimum Gasteiger partial charge on any atom is -0.481 e. The van der Waals surface area contributed by atoms with Crippen molar-refractivity contribution in [3.05, 3.63) is 0 Å². The van der Waals surface area contributed by atoms with Crippen LogP contribution in [-0.2, 0) is 4.79 Å². The van der Waals surface area contributed by atoms with E-state index in [1.54, 1.807) is 0 Å². The first-order valence-corrected chi connectivity index (χ1v) is 8.65. The fraction of sp³-hybridized carbons (Fsp3) is 0.941. The number of aliphatic carboxylic acids is 1. The number of carboxylic acids is 1. The van der Waals surface area contributed by atoms with Gasteiger partial charge < -0.3 is 5.11 Å². The zero-order chi connectivity index (χ0) is 13.7. The number of rotatable bonds is 3. The lowest BCUT2D eigenvalue weighted by molar-refractivity contribution is -0.165. The molecule has 20 heavy (non-hydrogen) atoms. The molecule has 3 nitrogen and oxygen atoms in total. The molecule has 3 heteroatoms. The predicted octanol–water partition coefficient (Wildman–Crippen LogP) is 3.14. The second-order valence-electron chi connectivity index (χ2n) is 7.91. The van der Waals surface area contributed by atoms with Gasteiger partial charge in [0.2, 0.25) is 0 Å². The third-order valence-electron chi connectivity index (χ3n) is 6.93. The van der Waals surface area contributed by atoms with Crippen molar-refractivity contribution in [2.24, 2.45) is 23.7 Å². The lowest BCUT2D eigenvalue weighted by Crippen LogP contribution is -2.67. The molecule has 5 fully saturated rings. The van der Waals surface area contributed by atoms with E-state index < -0.39 is 5.97 Å².